The number of piperidine rings is 1. The van der Waals surface area contributed by atoms with Crippen molar-refractivity contribution in [1.82, 2.24) is 9.97 Å². The van der Waals surface area contributed by atoms with Gasteiger partial charge in [0.1, 0.15) is 23.0 Å². The van der Waals surface area contributed by atoms with Crippen molar-refractivity contribution in [1.29, 1.82) is 0 Å². The van der Waals surface area contributed by atoms with E-state index in [1.807, 2.05) is 4.90 Å². The van der Waals surface area contributed by atoms with Gasteiger partial charge in [-0.25, -0.2) is 18.7 Å². The molecule has 1 aromatic heterocycles. The quantitative estimate of drug-likeness (QED) is 0.886. The van der Waals surface area contributed by atoms with Crippen LogP contribution in [0.4, 0.5) is 14.6 Å². The molecule has 1 saturated heterocycles. The van der Waals surface area contributed by atoms with E-state index in [9.17, 15) is 13.6 Å². The van der Waals surface area contributed by atoms with Crippen LogP contribution in [0.3, 0.4) is 0 Å². The number of nitrogens with zero attached hydrogens (tertiary/aromatic N) is 3. The van der Waals surface area contributed by atoms with E-state index in [1.165, 1.54) is 6.20 Å². The molecular formula is C16H17F2N5O. The number of carbonyl (C=O) groups excluding carboxylic acids is 1. The molecule has 1 atom stereocenters. The van der Waals surface area contributed by atoms with Crippen molar-refractivity contribution >= 4 is 11.7 Å². The summed E-state index contributed by atoms with van der Waals surface area (Å²) in [7, 11) is 0. The van der Waals surface area contributed by atoms with Gasteiger partial charge in [0.05, 0.1) is 0 Å². The summed E-state index contributed by atoms with van der Waals surface area (Å²) < 4.78 is 27.9. The SMILES string of the molecule is NC(=O)c1c(F)cc(-c2nccc(N3CCCC(N)C3)n2)cc1F. The number of hydrogen-bond acceptors (Lipinski definition) is 5. The molecule has 6 nitrogen and oxygen atoms in total. The number of benzene rings is 1. The third-order valence-electron chi connectivity index (χ3n) is 3.97. The lowest BCUT2D eigenvalue weighted by atomic mass is 10.1. The van der Waals surface area contributed by atoms with Crippen LogP contribution in [0.25, 0.3) is 11.4 Å². The summed E-state index contributed by atoms with van der Waals surface area (Å²) in [6.07, 6.45) is 3.44. The second-order valence-electron chi connectivity index (χ2n) is 5.77. The summed E-state index contributed by atoms with van der Waals surface area (Å²) in [4.78, 5) is 21.5. The average molecular weight is 333 g/mol. The van der Waals surface area contributed by atoms with Gasteiger partial charge in [-0.2, -0.15) is 0 Å². The van der Waals surface area contributed by atoms with Crippen LogP contribution in [0, 0.1) is 11.6 Å². The highest BCUT2D eigenvalue weighted by molar-refractivity contribution is 5.93. The molecule has 0 aliphatic carbocycles. The topological polar surface area (TPSA) is 98.1 Å². The molecule has 2 aromatic rings. The van der Waals surface area contributed by atoms with Crippen LogP contribution in [0.15, 0.2) is 24.4 Å². The normalized spacial score (nSPS) is 17.8. The van der Waals surface area contributed by atoms with Crippen LogP contribution >= 0.6 is 0 Å². The summed E-state index contributed by atoms with van der Waals surface area (Å²) in [5, 5.41) is 0. The lowest BCUT2D eigenvalue weighted by molar-refractivity contribution is 0.0992. The molecule has 4 N–H and O–H groups in total. The first-order valence-corrected chi connectivity index (χ1v) is 7.58. The molecule has 0 bridgehead atoms. The second-order valence-corrected chi connectivity index (χ2v) is 5.77. The van der Waals surface area contributed by atoms with Crippen molar-refractivity contribution in [2.24, 2.45) is 11.5 Å². The van der Waals surface area contributed by atoms with Crippen molar-refractivity contribution in [3.05, 3.63) is 41.6 Å². The molecule has 1 amide bonds. The predicted octanol–water partition coefficient (Wildman–Crippen LogP) is 1.45. The highest BCUT2D eigenvalue weighted by atomic mass is 19.1. The van der Waals surface area contributed by atoms with Gasteiger partial charge in [0.2, 0.25) is 0 Å². The monoisotopic (exact) mass is 333 g/mol. The van der Waals surface area contributed by atoms with Crippen molar-refractivity contribution < 1.29 is 13.6 Å². The van der Waals surface area contributed by atoms with Crippen LogP contribution in [0.2, 0.25) is 0 Å². The van der Waals surface area contributed by atoms with E-state index >= 15 is 0 Å². The summed E-state index contributed by atoms with van der Waals surface area (Å²) >= 11 is 0. The standard InChI is InChI=1S/C16H17F2N5O/c17-11-6-9(7-12(18)14(11)15(20)24)16-21-4-3-13(22-16)23-5-1-2-10(19)8-23/h3-4,6-7,10H,1-2,5,8,19H2,(H2,20,24). The third-order valence-corrected chi connectivity index (χ3v) is 3.97. The number of hydrogen-bond donors (Lipinski definition) is 2. The van der Waals surface area contributed by atoms with Crippen LogP contribution in [-0.4, -0.2) is 35.0 Å². The number of anilines is 1. The first kappa shape index (κ1) is 16.3. The van der Waals surface area contributed by atoms with Gasteiger partial charge < -0.3 is 16.4 Å². The van der Waals surface area contributed by atoms with Gasteiger partial charge >= 0.3 is 0 Å². The number of nitrogens with two attached hydrogens (primary N) is 2. The first-order chi connectivity index (χ1) is 11.5. The number of halogens is 2. The van der Waals surface area contributed by atoms with Crippen molar-refractivity contribution in [2.75, 3.05) is 18.0 Å². The van der Waals surface area contributed by atoms with Crippen LogP contribution in [0.1, 0.15) is 23.2 Å². The molecule has 8 heteroatoms. The van der Waals surface area contributed by atoms with Crippen molar-refractivity contribution in [3.8, 4) is 11.4 Å². The Labute approximate surface area is 137 Å². The largest absolute Gasteiger partial charge is 0.365 e. The summed E-state index contributed by atoms with van der Waals surface area (Å²) in [5.74, 6) is -2.41. The molecule has 24 heavy (non-hydrogen) atoms. The van der Waals surface area contributed by atoms with Gasteiger partial charge in [0.25, 0.3) is 5.91 Å². The van der Waals surface area contributed by atoms with E-state index in [0.717, 1.165) is 31.5 Å². The van der Waals surface area contributed by atoms with Crippen LogP contribution in [0.5, 0.6) is 0 Å². The smallest absolute Gasteiger partial charge is 0.254 e. The predicted molar refractivity (Wildman–Crippen MR) is 85.3 cm³/mol. The fourth-order valence-corrected chi connectivity index (χ4v) is 2.82. The molecule has 0 spiro atoms. The average Bonchev–Trinajstić information content (AvgIpc) is 2.54. The third kappa shape index (κ3) is 3.18. The lowest BCUT2D eigenvalue weighted by Crippen LogP contribution is -2.43. The Bertz CT molecular complexity index is 760. The number of amides is 1. The Morgan fingerprint density at radius 1 is 1.29 bits per heavy atom. The maximum Gasteiger partial charge on any atom is 0.254 e. The summed E-state index contributed by atoms with van der Waals surface area (Å²) in [6, 6.07) is 3.81. The Hall–Kier alpha value is -2.61. The minimum absolute atomic E-state index is 0.0712. The lowest BCUT2D eigenvalue weighted by Gasteiger charge is -2.31. The molecule has 126 valence electrons. The zero-order valence-corrected chi connectivity index (χ0v) is 12.9. The molecule has 1 unspecified atom stereocenters. The van der Waals surface area contributed by atoms with E-state index in [4.69, 9.17) is 11.5 Å². The van der Waals surface area contributed by atoms with E-state index in [-0.39, 0.29) is 17.4 Å². The molecule has 1 aliphatic rings. The minimum atomic E-state index is -1.16. The Morgan fingerprint density at radius 3 is 2.62 bits per heavy atom. The molecule has 0 radical (unpaired) electrons. The fourth-order valence-electron chi connectivity index (χ4n) is 2.82. The Kier molecular flexibility index (Phi) is 4.39. The number of aromatic nitrogens is 2. The number of rotatable bonds is 3. The molecular weight excluding hydrogens is 316 g/mol. The fraction of sp³-hybridized carbons (Fsp3) is 0.312. The van der Waals surface area contributed by atoms with Gasteiger partial charge in [-0.15, -0.1) is 0 Å². The minimum Gasteiger partial charge on any atom is -0.365 e. The number of primary amides is 1. The molecule has 1 aromatic carbocycles. The van der Waals surface area contributed by atoms with Gasteiger partial charge in [0, 0.05) is 30.9 Å². The van der Waals surface area contributed by atoms with E-state index in [2.05, 4.69) is 9.97 Å². The van der Waals surface area contributed by atoms with E-state index in [1.54, 1.807) is 6.07 Å². The maximum absolute atomic E-state index is 13.9. The summed E-state index contributed by atoms with van der Waals surface area (Å²) in [6.45, 7) is 1.48. The van der Waals surface area contributed by atoms with E-state index < -0.39 is 23.1 Å². The van der Waals surface area contributed by atoms with Crippen molar-refractivity contribution in [3.63, 3.8) is 0 Å². The number of carbonyl (C=O) groups is 1. The molecule has 0 saturated carbocycles. The van der Waals surface area contributed by atoms with Gasteiger partial charge in [-0.1, -0.05) is 0 Å². The first-order valence-electron chi connectivity index (χ1n) is 7.58. The van der Waals surface area contributed by atoms with Gasteiger partial charge in [-0.3, -0.25) is 4.79 Å². The zero-order chi connectivity index (χ0) is 17.3. The van der Waals surface area contributed by atoms with Crippen LogP contribution in [-0.2, 0) is 0 Å². The Morgan fingerprint density at radius 2 is 2.00 bits per heavy atom. The van der Waals surface area contributed by atoms with Gasteiger partial charge in [0.15, 0.2) is 5.82 Å². The molecule has 1 fully saturated rings. The van der Waals surface area contributed by atoms with Gasteiger partial charge in [-0.05, 0) is 31.0 Å². The zero-order valence-electron chi connectivity index (χ0n) is 12.9. The molecule has 3 rings (SSSR count). The maximum atomic E-state index is 13.9. The second kappa shape index (κ2) is 6.48. The summed E-state index contributed by atoms with van der Waals surface area (Å²) in [5.41, 5.74) is 10.3. The van der Waals surface area contributed by atoms with Crippen molar-refractivity contribution in [2.45, 2.75) is 18.9 Å². The Balaban J connectivity index is 1.96. The molecule has 1 aliphatic heterocycles. The highest BCUT2D eigenvalue weighted by Crippen LogP contribution is 2.24. The van der Waals surface area contributed by atoms with Crippen LogP contribution < -0.4 is 16.4 Å². The molecule has 2 heterocycles. The van der Waals surface area contributed by atoms with E-state index in [0.29, 0.717) is 12.4 Å². The highest BCUT2D eigenvalue weighted by Gasteiger charge is 2.20.